The van der Waals surface area contributed by atoms with E-state index in [4.69, 9.17) is 26.4 Å². The Morgan fingerprint density at radius 2 is 1.73 bits per heavy atom. The predicted octanol–water partition coefficient (Wildman–Crippen LogP) is 7.17. The van der Waals surface area contributed by atoms with Crippen LogP contribution in [0.3, 0.4) is 0 Å². The van der Waals surface area contributed by atoms with Crippen LogP contribution in [-0.2, 0) is 16.6 Å². The molecule has 0 saturated carbocycles. The van der Waals surface area contributed by atoms with Gasteiger partial charge in [-0.05, 0) is 82.3 Å². The van der Waals surface area contributed by atoms with Crippen molar-refractivity contribution in [2.24, 2.45) is 12.5 Å². The van der Waals surface area contributed by atoms with Crippen molar-refractivity contribution in [1.82, 2.24) is 19.7 Å². The van der Waals surface area contributed by atoms with Crippen LogP contribution in [0.2, 0.25) is 5.02 Å². The minimum absolute atomic E-state index is 0.404. The van der Waals surface area contributed by atoms with E-state index in [-0.39, 0.29) is 0 Å². The first-order chi connectivity index (χ1) is 20.8. The van der Waals surface area contributed by atoms with Gasteiger partial charge >= 0.3 is 5.97 Å². The molecule has 1 N–H and O–H groups in total. The van der Waals surface area contributed by atoms with E-state index < -0.39 is 17.7 Å². The third-order valence-electron chi connectivity index (χ3n) is 8.66. The van der Waals surface area contributed by atoms with Gasteiger partial charge in [0.1, 0.15) is 5.01 Å². The number of aromatic nitrogens is 3. The number of aliphatic carboxylic acids is 1. The molecule has 4 heterocycles. The molecule has 2 aromatic heterocycles. The van der Waals surface area contributed by atoms with Gasteiger partial charge in [-0.1, -0.05) is 23.7 Å². The molecule has 2 fully saturated rings. The first kappa shape index (κ1) is 29.2. The van der Waals surface area contributed by atoms with Crippen LogP contribution in [0.15, 0.2) is 48.5 Å². The number of thiazole rings is 1. The van der Waals surface area contributed by atoms with Gasteiger partial charge in [0.25, 0.3) is 0 Å². The number of fused-ring (bicyclic) bond motifs is 2. The Morgan fingerprint density at radius 1 is 1.05 bits per heavy atom. The van der Waals surface area contributed by atoms with Gasteiger partial charge in [0.15, 0.2) is 11.9 Å². The van der Waals surface area contributed by atoms with Crippen molar-refractivity contribution in [1.29, 1.82) is 0 Å². The molecule has 228 valence electrons. The summed E-state index contributed by atoms with van der Waals surface area (Å²) in [6.07, 6.45) is -1.15. The standard InChI is InChI=1S/C34H36ClN5O3S/c1-19-13-24-29(27(20-7-10-22(35)11-8-20)26(19)28(32(41)42)43-33(2,3)4)44-31(36-24)21-9-12-25-23(14-21)30(37-39(25)6)40-17-34(18-40)15-38(5)16-34/h7-14,28H,15-18H2,1-6H3,(H,41,42). The smallest absolute Gasteiger partial charge is 0.337 e. The van der Waals surface area contributed by atoms with Crippen molar-refractivity contribution in [3.8, 4) is 21.7 Å². The van der Waals surface area contributed by atoms with Crippen molar-refractivity contribution in [2.75, 3.05) is 38.1 Å². The van der Waals surface area contributed by atoms with Gasteiger partial charge in [-0.15, -0.1) is 11.3 Å². The molecule has 10 heteroatoms. The molecule has 0 aliphatic carbocycles. The molecule has 3 aromatic carbocycles. The molecule has 2 aliphatic heterocycles. The maximum absolute atomic E-state index is 12.7. The maximum Gasteiger partial charge on any atom is 0.337 e. The van der Waals surface area contributed by atoms with E-state index in [9.17, 15) is 9.90 Å². The molecule has 5 aromatic rings. The Balaban J connectivity index is 1.36. The Bertz CT molecular complexity index is 1930. The van der Waals surface area contributed by atoms with Crippen molar-refractivity contribution >= 4 is 55.8 Å². The molecule has 44 heavy (non-hydrogen) atoms. The Hall–Kier alpha value is -3.50. The van der Waals surface area contributed by atoms with E-state index >= 15 is 0 Å². The van der Waals surface area contributed by atoms with Crippen molar-refractivity contribution in [3.05, 3.63) is 64.7 Å². The van der Waals surface area contributed by atoms with Gasteiger partial charge in [0, 0.05) is 65.7 Å². The van der Waals surface area contributed by atoms with Crippen LogP contribution >= 0.6 is 22.9 Å². The highest BCUT2D eigenvalue weighted by Gasteiger charge is 2.51. The minimum atomic E-state index is -1.15. The van der Waals surface area contributed by atoms with Gasteiger partial charge in [0.05, 0.1) is 21.3 Å². The summed E-state index contributed by atoms with van der Waals surface area (Å²) in [7, 11) is 4.17. The highest BCUT2D eigenvalue weighted by molar-refractivity contribution is 7.22. The molecular weight excluding hydrogens is 594 g/mol. The minimum Gasteiger partial charge on any atom is -0.479 e. The summed E-state index contributed by atoms with van der Waals surface area (Å²) in [4.78, 5) is 22.6. The molecule has 2 aliphatic rings. The molecule has 0 bridgehead atoms. The molecule has 7 rings (SSSR count). The number of anilines is 1. The van der Waals surface area contributed by atoms with Gasteiger partial charge in [-0.2, -0.15) is 5.10 Å². The molecular formula is C34H36ClN5O3S. The number of halogens is 1. The molecule has 1 atom stereocenters. The number of nitrogens with zero attached hydrogens (tertiary/aromatic N) is 5. The second kappa shape index (κ2) is 10.3. The van der Waals surface area contributed by atoms with Gasteiger partial charge < -0.3 is 19.6 Å². The van der Waals surface area contributed by atoms with Gasteiger partial charge in [-0.3, -0.25) is 4.68 Å². The van der Waals surface area contributed by atoms with E-state index in [1.54, 1.807) is 11.3 Å². The quantitative estimate of drug-likeness (QED) is 0.213. The largest absolute Gasteiger partial charge is 0.479 e. The molecule has 2 saturated heterocycles. The number of rotatable bonds is 6. The summed E-state index contributed by atoms with van der Waals surface area (Å²) >= 11 is 7.83. The van der Waals surface area contributed by atoms with E-state index in [1.165, 1.54) is 0 Å². The fraction of sp³-hybridized carbons (Fsp3) is 0.382. The summed E-state index contributed by atoms with van der Waals surface area (Å²) in [5.74, 6) is -0.00698. The normalized spacial score (nSPS) is 17.3. The van der Waals surface area contributed by atoms with Crippen LogP contribution < -0.4 is 4.90 Å². The first-order valence-corrected chi connectivity index (χ1v) is 16.0. The molecule has 1 spiro atoms. The van der Waals surface area contributed by atoms with Crippen LogP contribution in [-0.4, -0.2) is 69.6 Å². The average Bonchev–Trinajstić information content (AvgIpc) is 3.48. The first-order valence-electron chi connectivity index (χ1n) is 14.8. The van der Waals surface area contributed by atoms with E-state index in [0.717, 1.165) is 80.4 Å². The zero-order valence-corrected chi connectivity index (χ0v) is 27.4. The molecule has 0 amide bonds. The van der Waals surface area contributed by atoms with Crippen molar-refractivity contribution < 1.29 is 14.6 Å². The monoisotopic (exact) mass is 629 g/mol. The number of aryl methyl sites for hydroxylation is 2. The zero-order valence-electron chi connectivity index (χ0n) is 25.8. The lowest BCUT2D eigenvalue weighted by atomic mass is 9.73. The van der Waals surface area contributed by atoms with Crippen LogP contribution in [0.5, 0.6) is 0 Å². The van der Waals surface area contributed by atoms with E-state index in [2.05, 4.69) is 35.0 Å². The van der Waals surface area contributed by atoms with Crippen molar-refractivity contribution in [3.63, 3.8) is 0 Å². The fourth-order valence-corrected chi connectivity index (χ4v) is 8.24. The molecule has 0 radical (unpaired) electrons. The number of hydrogen-bond acceptors (Lipinski definition) is 7. The number of ether oxygens (including phenoxy) is 1. The highest BCUT2D eigenvalue weighted by Crippen LogP contribution is 2.46. The highest BCUT2D eigenvalue weighted by atomic mass is 35.5. The summed E-state index contributed by atoms with van der Waals surface area (Å²) in [5.41, 5.74) is 5.79. The average molecular weight is 630 g/mol. The van der Waals surface area contributed by atoms with Crippen LogP contribution in [0.4, 0.5) is 5.82 Å². The summed E-state index contributed by atoms with van der Waals surface area (Å²) in [6, 6.07) is 15.9. The van der Waals surface area contributed by atoms with E-state index in [1.807, 2.05) is 69.8 Å². The Labute approximate surface area is 265 Å². The summed E-state index contributed by atoms with van der Waals surface area (Å²) < 4.78 is 9.04. The van der Waals surface area contributed by atoms with Crippen molar-refractivity contribution in [2.45, 2.75) is 39.4 Å². The third kappa shape index (κ3) is 4.96. The number of carboxylic acid groups (broad SMARTS) is 1. The number of likely N-dealkylation sites (tertiary alicyclic amines) is 1. The van der Waals surface area contributed by atoms with Crippen LogP contribution in [0, 0.1) is 12.3 Å². The van der Waals surface area contributed by atoms with Crippen LogP contribution in [0.25, 0.3) is 42.8 Å². The Kier molecular flexibility index (Phi) is 6.82. The molecule has 8 nitrogen and oxygen atoms in total. The summed E-state index contributed by atoms with van der Waals surface area (Å²) in [5, 5.41) is 17.9. The maximum atomic E-state index is 12.7. The van der Waals surface area contributed by atoms with Gasteiger partial charge in [0.2, 0.25) is 0 Å². The predicted molar refractivity (Wildman–Crippen MR) is 178 cm³/mol. The van der Waals surface area contributed by atoms with Gasteiger partial charge in [-0.25, -0.2) is 9.78 Å². The SMILES string of the molecule is Cc1cc2nc(-c3ccc4c(c3)c(N3CC5(CN(C)C5)C3)nn4C)sc2c(-c2ccc(Cl)cc2)c1C(OC(C)(C)C)C(=O)O. The number of hydrogen-bond donors (Lipinski definition) is 1. The zero-order chi connectivity index (χ0) is 31.1. The lowest BCUT2D eigenvalue weighted by molar-refractivity contribution is -0.160. The topological polar surface area (TPSA) is 83.7 Å². The number of carboxylic acids is 1. The number of benzene rings is 3. The molecule has 1 unspecified atom stereocenters. The second-order valence-electron chi connectivity index (χ2n) is 13.5. The summed E-state index contributed by atoms with van der Waals surface area (Å²) in [6.45, 7) is 11.9. The third-order valence-corrected chi connectivity index (χ3v) is 10.0. The second-order valence-corrected chi connectivity index (χ2v) is 14.9. The number of carbonyl (C=O) groups is 1. The Morgan fingerprint density at radius 3 is 2.36 bits per heavy atom. The lowest BCUT2D eigenvalue weighted by Crippen LogP contribution is -2.71. The van der Waals surface area contributed by atoms with E-state index in [0.29, 0.717) is 16.0 Å². The lowest BCUT2D eigenvalue weighted by Gasteiger charge is -2.59. The van der Waals surface area contributed by atoms with Crippen LogP contribution in [0.1, 0.15) is 38.0 Å². The fourth-order valence-electron chi connectivity index (χ4n) is 6.99.